The number of anilines is 1. The zero-order chi connectivity index (χ0) is 15.2. The standard InChI is InChI=1S/C16H16F2N2O/c1-2-19-10-11-6-8-12(9-7-11)20-16(21)15-13(17)4-3-5-14(15)18/h3-9,19H,2,10H2,1H3,(H,20,21). The molecule has 0 unspecified atom stereocenters. The highest BCUT2D eigenvalue weighted by Crippen LogP contribution is 2.16. The molecule has 0 radical (unpaired) electrons. The van der Waals surface area contributed by atoms with Crippen molar-refractivity contribution < 1.29 is 13.6 Å². The van der Waals surface area contributed by atoms with Crippen LogP contribution in [-0.4, -0.2) is 12.5 Å². The zero-order valence-electron chi connectivity index (χ0n) is 11.6. The largest absolute Gasteiger partial charge is 0.322 e. The fraction of sp³-hybridized carbons (Fsp3) is 0.188. The van der Waals surface area contributed by atoms with Crippen LogP contribution in [0.5, 0.6) is 0 Å². The van der Waals surface area contributed by atoms with Crippen molar-refractivity contribution in [1.82, 2.24) is 5.32 Å². The van der Waals surface area contributed by atoms with Gasteiger partial charge in [-0.25, -0.2) is 8.78 Å². The van der Waals surface area contributed by atoms with Gasteiger partial charge in [-0.3, -0.25) is 4.79 Å². The number of hydrogen-bond donors (Lipinski definition) is 2. The molecule has 2 aromatic carbocycles. The molecule has 3 nitrogen and oxygen atoms in total. The van der Waals surface area contributed by atoms with Crippen LogP contribution < -0.4 is 10.6 Å². The Labute approximate surface area is 122 Å². The minimum absolute atomic E-state index is 0.489. The summed E-state index contributed by atoms with van der Waals surface area (Å²) >= 11 is 0. The Morgan fingerprint density at radius 3 is 2.24 bits per heavy atom. The van der Waals surface area contributed by atoms with E-state index in [0.717, 1.165) is 30.8 Å². The molecule has 0 aliphatic rings. The number of rotatable bonds is 5. The van der Waals surface area contributed by atoms with Gasteiger partial charge in [-0.15, -0.1) is 0 Å². The van der Waals surface area contributed by atoms with E-state index in [1.807, 2.05) is 19.1 Å². The first-order chi connectivity index (χ1) is 10.1. The Kier molecular flexibility index (Phi) is 5.00. The van der Waals surface area contributed by atoms with Crippen molar-refractivity contribution in [2.75, 3.05) is 11.9 Å². The first-order valence-corrected chi connectivity index (χ1v) is 6.67. The van der Waals surface area contributed by atoms with E-state index in [1.54, 1.807) is 12.1 Å². The van der Waals surface area contributed by atoms with Gasteiger partial charge in [0.05, 0.1) is 0 Å². The van der Waals surface area contributed by atoms with Gasteiger partial charge in [0.1, 0.15) is 17.2 Å². The molecule has 0 saturated heterocycles. The third-order valence-electron chi connectivity index (χ3n) is 2.98. The van der Waals surface area contributed by atoms with Crippen molar-refractivity contribution >= 4 is 11.6 Å². The van der Waals surface area contributed by atoms with Gasteiger partial charge >= 0.3 is 0 Å². The van der Waals surface area contributed by atoms with Gasteiger partial charge < -0.3 is 10.6 Å². The fourth-order valence-corrected chi connectivity index (χ4v) is 1.88. The van der Waals surface area contributed by atoms with Crippen LogP contribution in [0.3, 0.4) is 0 Å². The van der Waals surface area contributed by atoms with Gasteiger partial charge in [-0.2, -0.15) is 0 Å². The highest BCUT2D eigenvalue weighted by Gasteiger charge is 2.16. The van der Waals surface area contributed by atoms with Crippen molar-refractivity contribution in [3.63, 3.8) is 0 Å². The SMILES string of the molecule is CCNCc1ccc(NC(=O)c2c(F)cccc2F)cc1. The summed E-state index contributed by atoms with van der Waals surface area (Å²) in [7, 11) is 0. The molecule has 0 heterocycles. The number of hydrogen-bond acceptors (Lipinski definition) is 2. The molecule has 0 spiro atoms. The van der Waals surface area contributed by atoms with Crippen LogP contribution in [0.1, 0.15) is 22.8 Å². The molecule has 5 heteroatoms. The summed E-state index contributed by atoms with van der Waals surface area (Å²) in [6.07, 6.45) is 0. The van der Waals surface area contributed by atoms with E-state index in [1.165, 1.54) is 6.07 Å². The highest BCUT2D eigenvalue weighted by atomic mass is 19.1. The second-order valence-electron chi connectivity index (χ2n) is 4.53. The first-order valence-electron chi connectivity index (χ1n) is 6.67. The molecule has 0 atom stereocenters. The van der Waals surface area contributed by atoms with E-state index in [4.69, 9.17) is 0 Å². The Bertz CT molecular complexity index is 606. The predicted octanol–water partition coefficient (Wildman–Crippen LogP) is 3.33. The number of benzene rings is 2. The lowest BCUT2D eigenvalue weighted by molar-refractivity contribution is 0.101. The molecule has 0 aliphatic heterocycles. The lowest BCUT2D eigenvalue weighted by Gasteiger charge is -2.08. The summed E-state index contributed by atoms with van der Waals surface area (Å²) in [6, 6.07) is 10.4. The van der Waals surface area contributed by atoms with Gasteiger partial charge in [0.25, 0.3) is 5.91 Å². The van der Waals surface area contributed by atoms with Crippen molar-refractivity contribution in [2.24, 2.45) is 0 Å². The van der Waals surface area contributed by atoms with Crippen LogP contribution >= 0.6 is 0 Å². The summed E-state index contributed by atoms with van der Waals surface area (Å²) in [5.74, 6) is -2.56. The van der Waals surface area contributed by atoms with E-state index < -0.39 is 23.1 Å². The Balaban J connectivity index is 2.09. The van der Waals surface area contributed by atoms with E-state index in [0.29, 0.717) is 5.69 Å². The monoisotopic (exact) mass is 290 g/mol. The van der Waals surface area contributed by atoms with Gasteiger partial charge in [0.15, 0.2) is 0 Å². The Morgan fingerprint density at radius 1 is 1.05 bits per heavy atom. The number of amides is 1. The maximum absolute atomic E-state index is 13.5. The van der Waals surface area contributed by atoms with Crippen molar-refractivity contribution in [1.29, 1.82) is 0 Å². The maximum Gasteiger partial charge on any atom is 0.261 e. The molecule has 110 valence electrons. The van der Waals surface area contributed by atoms with E-state index in [-0.39, 0.29) is 0 Å². The Hall–Kier alpha value is -2.27. The van der Waals surface area contributed by atoms with Gasteiger partial charge in [-0.05, 0) is 36.4 Å². The zero-order valence-corrected chi connectivity index (χ0v) is 11.6. The van der Waals surface area contributed by atoms with Gasteiger partial charge in [0, 0.05) is 12.2 Å². The molecule has 2 rings (SSSR count). The molecule has 0 aromatic heterocycles. The molecule has 1 amide bonds. The molecule has 0 aliphatic carbocycles. The van der Waals surface area contributed by atoms with Crippen LogP contribution in [0, 0.1) is 11.6 Å². The molecule has 2 aromatic rings. The smallest absolute Gasteiger partial charge is 0.261 e. The van der Waals surface area contributed by atoms with Gasteiger partial charge in [-0.1, -0.05) is 25.1 Å². The van der Waals surface area contributed by atoms with Crippen LogP contribution in [-0.2, 0) is 6.54 Å². The number of halogens is 2. The van der Waals surface area contributed by atoms with E-state index >= 15 is 0 Å². The molecular weight excluding hydrogens is 274 g/mol. The fourth-order valence-electron chi connectivity index (χ4n) is 1.88. The van der Waals surface area contributed by atoms with E-state index in [2.05, 4.69) is 10.6 Å². The van der Waals surface area contributed by atoms with Crippen molar-refractivity contribution in [3.05, 3.63) is 65.2 Å². The molecule has 21 heavy (non-hydrogen) atoms. The highest BCUT2D eigenvalue weighted by molar-refractivity contribution is 6.04. The van der Waals surface area contributed by atoms with E-state index in [9.17, 15) is 13.6 Å². The average molecular weight is 290 g/mol. The molecule has 0 bridgehead atoms. The normalized spacial score (nSPS) is 10.4. The second-order valence-corrected chi connectivity index (χ2v) is 4.53. The second kappa shape index (κ2) is 6.95. The quantitative estimate of drug-likeness (QED) is 0.887. The van der Waals surface area contributed by atoms with Crippen LogP contribution in [0.15, 0.2) is 42.5 Å². The summed E-state index contributed by atoms with van der Waals surface area (Å²) < 4.78 is 27.0. The van der Waals surface area contributed by atoms with Crippen molar-refractivity contribution in [2.45, 2.75) is 13.5 Å². The third-order valence-corrected chi connectivity index (χ3v) is 2.98. The van der Waals surface area contributed by atoms with Crippen LogP contribution in [0.25, 0.3) is 0 Å². The van der Waals surface area contributed by atoms with Crippen molar-refractivity contribution in [3.8, 4) is 0 Å². The minimum Gasteiger partial charge on any atom is -0.322 e. The topological polar surface area (TPSA) is 41.1 Å². The number of nitrogens with one attached hydrogen (secondary N) is 2. The Morgan fingerprint density at radius 2 is 1.67 bits per heavy atom. The lowest BCUT2D eigenvalue weighted by atomic mass is 10.1. The molecule has 0 fully saturated rings. The number of carbonyl (C=O) groups excluding carboxylic acids is 1. The maximum atomic E-state index is 13.5. The lowest BCUT2D eigenvalue weighted by Crippen LogP contribution is -2.16. The summed E-state index contributed by atoms with van der Waals surface area (Å²) in [4.78, 5) is 11.9. The molecular formula is C16H16F2N2O. The first kappa shape index (κ1) is 15.1. The number of carbonyl (C=O) groups is 1. The summed E-state index contributed by atoms with van der Waals surface area (Å²) in [5, 5.41) is 5.66. The molecule has 0 saturated carbocycles. The van der Waals surface area contributed by atoms with Gasteiger partial charge in [0.2, 0.25) is 0 Å². The van der Waals surface area contributed by atoms with Crippen LogP contribution in [0.2, 0.25) is 0 Å². The average Bonchev–Trinajstić information content (AvgIpc) is 2.46. The summed E-state index contributed by atoms with van der Waals surface area (Å²) in [5.41, 5.74) is 0.976. The molecule has 2 N–H and O–H groups in total. The minimum atomic E-state index is -0.878. The van der Waals surface area contributed by atoms with Crippen LogP contribution in [0.4, 0.5) is 14.5 Å². The third kappa shape index (κ3) is 3.86. The predicted molar refractivity (Wildman–Crippen MR) is 78.1 cm³/mol. The summed E-state index contributed by atoms with van der Waals surface area (Å²) in [6.45, 7) is 3.61.